The maximum atomic E-state index is 12.6. The van der Waals surface area contributed by atoms with Gasteiger partial charge in [-0.3, -0.25) is 9.69 Å². The normalized spacial score (nSPS) is 15.7. The number of ether oxygens (including phenoxy) is 1. The van der Waals surface area contributed by atoms with Crippen LogP contribution in [0, 0.1) is 12.8 Å². The molecule has 1 aliphatic heterocycles. The van der Waals surface area contributed by atoms with Gasteiger partial charge in [0.15, 0.2) is 0 Å². The average molecular weight is 373 g/mol. The minimum atomic E-state index is 0.0213. The van der Waals surface area contributed by atoms with E-state index < -0.39 is 0 Å². The highest BCUT2D eigenvalue weighted by Gasteiger charge is 2.25. The molecule has 0 aliphatic carbocycles. The largest absolute Gasteiger partial charge is 0.495 e. The van der Waals surface area contributed by atoms with Gasteiger partial charge in [0.05, 0.1) is 12.8 Å². The van der Waals surface area contributed by atoms with E-state index in [1.807, 2.05) is 0 Å². The van der Waals surface area contributed by atoms with Gasteiger partial charge in [-0.25, -0.2) is 0 Å². The van der Waals surface area contributed by atoms with Crippen LogP contribution in [0.1, 0.15) is 24.0 Å². The highest BCUT2D eigenvalue weighted by molar-refractivity contribution is 6.31. The van der Waals surface area contributed by atoms with E-state index in [9.17, 15) is 4.79 Å². The smallest absolute Gasteiger partial charge is 0.227 e. The Morgan fingerprint density at radius 1 is 1.19 bits per heavy atom. The average Bonchev–Trinajstić information content (AvgIpc) is 2.64. The number of benzene rings is 2. The minimum absolute atomic E-state index is 0.0213. The maximum absolute atomic E-state index is 12.6. The molecular weight excluding hydrogens is 348 g/mol. The van der Waals surface area contributed by atoms with Crippen LogP contribution in [0.4, 0.5) is 5.69 Å². The molecule has 0 atom stereocenters. The number of aryl methyl sites for hydroxylation is 1. The molecule has 1 aliphatic rings. The van der Waals surface area contributed by atoms with Crippen LogP contribution in [0.25, 0.3) is 0 Å². The maximum Gasteiger partial charge on any atom is 0.227 e. The van der Waals surface area contributed by atoms with E-state index in [0.29, 0.717) is 16.5 Å². The van der Waals surface area contributed by atoms with Crippen molar-refractivity contribution in [1.29, 1.82) is 0 Å². The summed E-state index contributed by atoms with van der Waals surface area (Å²) in [7, 11) is 1.59. The second kappa shape index (κ2) is 8.56. The zero-order valence-electron chi connectivity index (χ0n) is 15.3. The third-order valence-electron chi connectivity index (χ3n) is 4.90. The molecule has 2 aromatic carbocycles. The minimum Gasteiger partial charge on any atom is -0.495 e. The van der Waals surface area contributed by atoms with Gasteiger partial charge in [-0.2, -0.15) is 0 Å². The van der Waals surface area contributed by atoms with Crippen molar-refractivity contribution >= 4 is 23.2 Å². The lowest BCUT2D eigenvalue weighted by Gasteiger charge is -2.31. The number of nitrogens with one attached hydrogen (secondary N) is 1. The summed E-state index contributed by atoms with van der Waals surface area (Å²) in [4.78, 5) is 15.0. The lowest BCUT2D eigenvalue weighted by atomic mass is 9.95. The van der Waals surface area contributed by atoms with Gasteiger partial charge in [0.2, 0.25) is 5.91 Å². The number of likely N-dealkylation sites (tertiary alicyclic amines) is 1. The molecule has 1 fully saturated rings. The van der Waals surface area contributed by atoms with Crippen LogP contribution in [0.5, 0.6) is 5.75 Å². The molecule has 138 valence electrons. The number of nitrogens with zero attached hydrogens (tertiary/aromatic N) is 1. The Morgan fingerprint density at radius 2 is 1.88 bits per heavy atom. The Morgan fingerprint density at radius 3 is 2.54 bits per heavy atom. The summed E-state index contributed by atoms with van der Waals surface area (Å²) in [5.74, 6) is 0.688. The van der Waals surface area contributed by atoms with Crippen molar-refractivity contribution in [2.45, 2.75) is 26.3 Å². The first-order valence-electron chi connectivity index (χ1n) is 8.97. The highest BCUT2D eigenvalue weighted by Crippen LogP contribution is 2.29. The summed E-state index contributed by atoms with van der Waals surface area (Å²) in [6.07, 6.45) is 1.72. The molecule has 0 spiro atoms. The molecule has 0 saturated carbocycles. The van der Waals surface area contributed by atoms with Gasteiger partial charge in [-0.15, -0.1) is 0 Å². The quantitative estimate of drug-likeness (QED) is 0.839. The molecule has 3 rings (SSSR count). The SMILES string of the molecule is COc1ccc(Cl)cc1NC(=O)C1CCN(Cc2ccc(C)cc2)CC1. The molecule has 0 aromatic heterocycles. The molecule has 5 heteroatoms. The summed E-state index contributed by atoms with van der Waals surface area (Å²) in [5, 5.41) is 3.55. The highest BCUT2D eigenvalue weighted by atomic mass is 35.5. The predicted octanol–water partition coefficient (Wildman–Crippen LogP) is 4.51. The number of anilines is 1. The Balaban J connectivity index is 1.53. The summed E-state index contributed by atoms with van der Waals surface area (Å²) < 4.78 is 5.30. The van der Waals surface area contributed by atoms with Crippen LogP contribution < -0.4 is 10.1 Å². The standard InChI is InChI=1S/C21H25ClN2O2/c1-15-3-5-16(6-4-15)14-24-11-9-17(10-12-24)21(25)23-19-13-18(22)7-8-20(19)26-2/h3-8,13,17H,9-12,14H2,1-2H3,(H,23,25). The van der Waals surface area contributed by atoms with Crippen molar-refractivity contribution < 1.29 is 9.53 Å². The van der Waals surface area contributed by atoms with E-state index in [2.05, 4.69) is 41.4 Å². The Labute approximate surface area is 160 Å². The van der Waals surface area contributed by atoms with Crippen LogP contribution in [-0.2, 0) is 11.3 Å². The summed E-state index contributed by atoms with van der Waals surface area (Å²) in [6, 6.07) is 13.9. The third kappa shape index (κ3) is 4.77. The molecule has 0 radical (unpaired) electrons. The Kier molecular flexibility index (Phi) is 6.17. The van der Waals surface area contributed by atoms with E-state index in [-0.39, 0.29) is 11.8 Å². The molecule has 1 heterocycles. The fraction of sp³-hybridized carbons (Fsp3) is 0.381. The molecule has 1 N–H and O–H groups in total. The number of methoxy groups -OCH3 is 1. The van der Waals surface area contributed by atoms with Crippen LogP contribution >= 0.6 is 11.6 Å². The van der Waals surface area contributed by atoms with Gasteiger partial charge < -0.3 is 10.1 Å². The summed E-state index contributed by atoms with van der Waals surface area (Å²) in [6.45, 7) is 4.90. The van der Waals surface area contributed by atoms with Gasteiger partial charge in [0.1, 0.15) is 5.75 Å². The number of piperidine rings is 1. The zero-order chi connectivity index (χ0) is 18.5. The van der Waals surface area contributed by atoms with Crippen LogP contribution in [-0.4, -0.2) is 31.0 Å². The second-order valence-electron chi connectivity index (χ2n) is 6.87. The van der Waals surface area contributed by atoms with E-state index in [1.54, 1.807) is 25.3 Å². The van der Waals surface area contributed by atoms with Crippen LogP contribution in [0.2, 0.25) is 5.02 Å². The number of hydrogen-bond acceptors (Lipinski definition) is 3. The molecule has 1 saturated heterocycles. The number of halogens is 1. The van der Waals surface area contributed by atoms with E-state index in [4.69, 9.17) is 16.3 Å². The molecule has 0 unspecified atom stereocenters. The summed E-state index contributed by atoms with van der Waals surface area (Å²) in [5.41, 5.74) is 3.23. The fourth-order valence-corrected chi connectivity index (χ4v) is 3.49. The molecule has 4 nitrogen and oxygen atoms in total. The molecule has 2 aromatic rings. The number of amides is 1. The molecular formula is C21H25ClN2O2. The van der Waals surface area contributed by atoms with Gasteiger partial charge >= 0.3 is 0 Å². The third-order valence-corrected chi connectivity index (χ3v) is 5.14. The number of carbonyl (C=O) groups is 1. The second-order valence-corrected chi connectivity index (χ2v) is 7.31. The van der Waals surface area contributed by atoms with Crippen molar-refractivity contribution in [2.24, 2.45) is 5.92 Å². The number of rotatable bonds is 5. The van der Waals surface area contributed by atoms with Crippen molar-refractivity contribution in [3.63, 3.8) is 0 Å². The van der Waals surface area contributed by atoms with Gasteiger partial charge in [0.25, 0.3) is 0 Å². The van der Waals surface area contributed by atoms with Crippen LogP contribution in [0.15, 0.2) is 42.5 Å². The van der Waals surface area contributed by atoms with Gasteiger partial charge in [-0.1, -0.05) is 41.4 Å². The molecule has 26 heavy (non-hydrogen) atoms. The van der Waals surface area contributed by atoms with Gasteiger partial charge in [-0.05, 0) is 56.6 Å². The first-order chi connectivity index (χ1) is 12.5. The van der Waals surface area contributed by atoms with Crippen molar-refractivity contribution in [3.05, 3.63) is 58.6 Å². The lowest BCUT2D eigenvalue weighted by Crippen LogP contribution is -2.37. The molecule has 0 bridgehead atoms. The van der Waals surface area contributed by atoms with Crippen LogP contribution in [0.3, 0.4) is 0 Å². The van der Waals surface area contributed by atoms with E-state index in [1.165, 1.54) is 11.1 Å². The zero-order valence-corrected chi connectivity index (χ0v) is 16.1. The lowest BCUT2D eigenvalue weighted by molar-refractivity contribution is -0.121. The van der Waals surface area contributed by atoms with Crippen molar-refractivity contribution in [1.82, 2.24) is 4.90 Å². The van der Waals surface area contributed by atoms with Crippen molar-refractivity contribution in [3.8, 4) is 5.75 Å². The van der Waals surface area contributed by atoms with Gasteiger partial charge in [0, 0.05) is 17.5 Å². The Bertz CT molecular complexity index is 753. The summed E-state index contributed by atoms with van der Waals surface area (Å²) >= 11 is 6.04. The van der Waals surface area contributed by atoms with E-state index >= 15 is 0 Å². The van der Waals surface area contributed by atoms with E-state index in [0.717, 1.165) is 32.5 Å². The number of hydrogen-bond donors (Lipinski definition) is 1. The van der Waals surface area contributed by atoms with Crippen molar-refractivity contribution in [2.75, 3.05) is 25.5 Å². The monoisotopic (exact) mass is 372 g/mol. The first kappa shape index (κ1) is 18.7. The predicted molar refractivity (Wildman–Crippen MR) is 106 cm³/mol. The fourth-order valence-electron chi connectivity index (χ4n) is 3.32. The first-order valence-corrected chi connectivity index (χ1v) is 9.35. The molecule has 1 amide bonds. The number of carbonyl (C=O) groups excluding carboxylic acids is 1. The Hall–Kier alpha value is -2.04. The topological polar surface area (TPSA) is 41.6 Å².